The highest BCUT2D eigenvalue weighted by Crippen LogP contribution is 2.26. The molecule has 2 N–H and O–H groups in total. The number of amides is 1. The topological polar surface area (TPSA) is 68.8 Å². The zero-order valence-corrected chi connectivity index (χ0v) is 19.7. The van der Waals surface area contributed by atoms with E-state index in [1.807, 2.05) is 24.6 Å². The van der Waals surface area contributed by atoms with Gasteiger partial charge in [0.05, 0.1) is 39.6 Å². The van der Waals surface area contributed by atoms with E-state index >= 15 is 0 Å². The van der Waals surface area contributed by atoms with Crippen molar-refractivity contribution in [1.82, 2.24) is 10.6 Å². The average molecular weight is 435 g/mol. The summed E-state index contributed by atoms with van der Waals surface area (Å²) in [5.41, 5.74) is 0.146. The third kappa shape index (κ3) is 21.9. The average Bonchev–Trinajstić information content (AvgIpc) is 2.63. The van der Waals surface area contributed by atoms with Crippen molar-refractivity contribution >= 4 is 27.5 Å². The first-order valence-corrected chi connectivity index (χ1v) is 12.3. The Labute approximate surface area is 179 Å². The zero-order chi connectivity index (χ0) is 21.0. The minimum Gasteiger partial charge on any atom is -0.379 e. The van der Waals surface area contributed by atoms with Gasteiger partial charge in [0.1, 0.15) is 5.44 Å². The summed E-state index contributed by atoms with van der Waals surface area (Å²) < 4.78 is 16.5. The molecule has 0 aromatic carbocycles. The van der Waals surface area contributed by atoms with E-state index in [9.17, 15) is 4.79 Å². The second-order valence-corrected chi connectivity index (χ2v) is 9.48. The third-order valence-electron chi connectivity index (χ3n) is 3.13. The molecule has 0 heterocycles. The van der Waals surface area contributed by atoms with Crippen molar-refractivity contribution in [3.05, 3.63) is 0 Å². The van der Waals surface area contributed by atoms with Crippen LogP contribution in [0.4, 0.5) is 0 Å². The molecule has 0 spiro atoms. The molecule has 0 rings (SSSR count). The van der Waals surface area contributed by atoms with Crippen LogP contribution in [-0.4, -0.2) is 69.3 Å². The highest BCUT2D eigenvalue weighted by atomic mass is 33.1. The number of ether oxygens (including phenoxy) is 3. The van der Waals surface area contributed by atoms with E-state index < -0.39 is 0 Å². The third-order valence-corrected chi connectivity index (χ3v) is 5.77. The lowest BCUT2D eigenvalue weighted by Crippen LogP contribution is -2.25. The van der Waals surface area contributed by atoms with Gasteiger partial charge in [-0.25, -0.2) is 0 Å². The van der Waals surface area contributed by atoms with Gasteiger partial charge in [0.2, 0.25) is 5.91 Å². The fraction of sp³-hybridized carbons (Fsp3) is 0.850. The van der Waals surface area contributed by atoms with Gasteiger partial charge in [-0.3, -0.25) is 4.79 Å². The number of nitrogens with one attached hydrogen (secondary N) is 2. The van der Waals surface area contributed by atoms with E-state index in [1.165, 1.54) is 0 Å². The summed E-state index contributed by atoms with van der Waals surface area (Å²) in [6, 6.07) is 0.534. The van der Waals surface area contributed by atoms with E-state index in [-0.39, 0.29) is 11.3 Å². The Morgan fingerprint density at radius 2 is 1.68 bits per heavy atom. The first-order valence-electron chi connectivity index (χ1n) is 9.95. The monoisotopic (exact) mass is 434 g/mol. The molecule has 6 nitrogen and oxygen atoms in total. The molecule has 28 heavy (non-hydrogen) atoms. The van der Waals surface area contributed by atoms with Crippen molar-refractivity contribution in [1.29, 1.82) is 0 Å². The van der Waals surface area contributed by atoms with E-state index in [1.54, 1.807) is 10.8 Å². The molecule has 0 aliphatic heterocycles. The lowest BCUT2D eigenvalue weighted by molar-refractivity contribution is -0.122. The van der Waals surface area contributed by atoms with Gasteiger partial charge in [-0.1, -0.05) is 61.1 Å². The minimum atomic E-state index is -0.0447. The van der Waals surface area contributed by atoms with E-state index in [2.05, 4.69) is 43.2 Å². The van der Waals surface area contributed by atoms with E-state index in [4.69, 9.17) is 14.2 Å². The quantitative estimate of drug-likeness (QED) is 0.158. The largest absolute Gasteiger partial charge is 0.379 e. The molecule has 0 aliphatic rings. The second kappa shape index (κ2) is 19.9. The van der Waals surface area contributed by atoms with Crippen LogP contribution in [0.25, 0.3) is 0 Å². The highest BCUT2D eigenvalue weighted by Gasteiger charge is 2.03. The first kappa shape index (κ1) is 27.6. The molecule has 1 atom stereocenters. The molecule has 0 saturated heterocycles. The summed E-state index contributed by atoms with van der Waals surface area (Å²) in [7, 11) is 3.56. The number of carbonyl (C=O) groups excluding carboxylic acids is 1. The molecule has 8 heteroatoms. The van der Waals surface area contributed by atoms with Crippen LogP contribution in [0, 0.1) is 17.8 Å². The molecule has 0 fully saturated rings. The molecule has 0 aliphatic carbocycles. The maximum atomic E-state index is 11.6. The SMILES string of the molecule is CC(C)C#CCNC(=O)CCOCCOCCOC(C)SSCCNC(C)C. The summed E-state index contributed by atoms with van der Waals surface area (Å²) in [5, 5.41) is 6.13. The summed E-state index contributed by atoms with van der Waals surface area (Å²) in [6.45, 7) is 14.3. The van der Waals surface area contributed by atoms with E-state index in [0.717, 1.165) is 12.3 Å². The molecular formula is C20H38N2O4S2. The van der Waals surface area contributed by atoms with Crippen molar-refractivity contribution in [3.63, 3.8) is 0 Å². The van der Waals surface area contributed by atoms with Gasteiger partial charge in [-0.2, -0.15) is 0 Å². The van der Waals surface area contributed by atoms with Crippen LogP contribution in [0.2, 0.25) is 0 Å². The Bertz CT molecular complexity index is 440. The normalized spacial score (nSPS) is 12.1. The fourth-order valence-corrected chi connectivity index (χ4v) is 3.73. The summed E-state index contributed by atoms with van der Waals surface area (Å²) in [6.07, 6.45) is 0.339. The van der Waals surface area contributed by atoms with Crippen molar-refractivity contribution in [2.45, 2.75) is 52.5 Å². The van der Waals surface area contributed by atoms with Crippen LogP contribution < -0.4 is 10.6 Å². The zero-order valence-electron chi connectivity index (χ0n) is 18.0. The van der Waals surface area contributed by atoms with Crippen molar-refractivity contribution in [2.75, 3.05) is 51.9 Å². The standard InChI is InChI=1S/C20H38N2O4S2/c1-17(2)7-6-9-22-20(23)8-11-24-12-13-25-14-15-26-19(5)28-27-16-10-21-18(3)4/h17-19,21H,8-16H2,1-5H3,(H,22,23). The van der Waals surface area contributed by atoms with Crippen LogP contribution in [0.15, 0.2) is 0 Å². The Balaban J connectivity index is 3.32. The Morgan fingerprint density at radius 3 is 2.36 bits per heavy atom. The Hall–Kier alpha value is -0.430. The minimum absolute atomic E-state index is 0.0447. The lowest BCUT2D eigenvalue weighted by atomic mass is 10.2. The Morgan fingerprint density at radius 1 is 1.00 bits per heavy atom. The molecule has 0 aromatic rings. The molecule has 164 valence electrons. The van der Waals surface area contributed by atoms with Gasteiger partial charge in [-0.15, -0.1) is 0 Å². The molecule has 0 radical (unpaired) electrons. The molecule has 1 unspecified atom stereocenters. The van der Waals surface area contributed by atoms with Gasteiger partial charge in [0, 0.05) is 30.7 Å². The number of rotatable bonds is 17. The fourth-order valence-electron chi connectivity index (χ4n) is 1.81. The maximum Gasteiger partial charge on any atom is 0.223 e. The number of carbonyl (C=O) groups is 1. The highest BCUT2D eigenvalue weighted by molar-refractivity contribution is 8.76. The summed E-state index contributed by atoms with van der Waals surface area (Å²) in [5.74, 6) is 7.25. The van der Waals surface area contributed by atoms with Crippen molar-refractivity contribution in [3.8, 4) is 11.8 Å². The summed E-state index contributed by atoms with van der Waals surface area (Å²) in [4.78, 5) is 11.6. The van der Waals surface area contributed by atoms with Crippen molar-refractivity contribution in [2.24, 2.45) is 5.92 Å². The first-order chi connectivity index (χ1) is 13.4. The van der Waals surface area contributed by atoms with Gasteiger partial charge in [0.25, 0.3) is 0 Å². The molecule has 0 aromatic heterocycles. The molecule has 0 bridgehead atoms. The smallest absolute Gasteiger partial charge is 0.223 e. The maximum absolute atomic E-state index is 11.6. The van der Waals surface area contributed by atoms with Crippen LogP contribution in [0.3, 0.4) is 0 Å². The van der Waals surface area contributed by atoms with Crippen molar-refractivity contribution < 1.29 is 19.0 Å². The summed E-state index contributed by atoms with van der Waals surface area (Å²) >= 11 is 0. The number of hydrogen-bond acceptors (Lipinski definition) is 7. The second-order valence-electron chi connectivity index (χ2n) is 6.69. The van der Waals surface area contributed by atoms with Gasteiger partial charge < -0.3 is 24.8 Å². The van der Waals surface area contributed by atoms with Crippen LogP contribution in [-0.2, 0) is 19.0 Å². The van der Waals surface area contributed by atoms with Crippen LogP contribution in [0.5, 0.6) is 0 Å². The van der Waals surface area contributed by atoms with Gasteiger partial charge >= 0.3 is 0 Å². The van der Waals surface area contributed by atoms with Gasteiger partial charge in [-0.05, 0) is 6.92 Å². The lowest BCUT2D eigenvalue weighted by Gasteiger charge is -2.13. The van der Waals surface area contributed by atoms with Crippen LogP contribution >= 0.6 is 21.6 Å². The van der Waals surface area contributed by atoms with Gasteiger partial charge in [0.15, 0.2) is 0 Å². The molecular weight excluding hydrogens is 396 g/mol. The van der Waals surface area contributed by atoms with Crippen LogP contribution in [0.1, 0.15) is 41.0 Å². The predicted octanol–water partition coefficient (Wildman–Crippen LogP) is 2.93. The molecule has 0 saturated carbocycles. The number of hydrogen-bond donors (Lipinski definition) is 2. The van der Waals surface area contributed by atoms with E-state index in [0.29, 0.717) is 58.0 Å². The Kier molecular flexibility index (Phi) is 19.6. The predicted molar refractivity (Wildman–Crippen MR) is 120 cm³/mol. The molecule has 1 amide bonds.